The van der Waals surface area contributed by atoms with Crippen LogP contribution in [-0.2, 0) is 10.9 Å². The average molecular weight is 385 g/mol. The highest BCUT2D eigenvalue weighted by Crippen LogP contribution is 2.35. The van der Waals surface area contributed by atoms with Crippen LogP contribution >= 0.6 is 11.3 Å². The summed E-state index contributed by atoms with van der Waals surface area (Å²) in [6.07, 6.45) is -2.78. The number of alkyl halides is 3. The van der Waals surface area contributed by atoms with E-state index in [1.54, 1.807) is 19.1 Å². The van der Waals surface area contributed by atoms with Gasteiger partial charge in [-0.15, -0.1) is 11.3 Å². The summed E-state index contributed by atoms with van der Waals surface area (Å²) < 4.78 is 43.0. The van der Waals surface area contributed by atoms with Crippen LogP contribution in [0.15, 0.2) is 17.5 Å². The first-order valence-corrected chi connectivity index (χ1v) is 9.01. The van der Waals surface area contributed by atoms with E-state index in [9.17, 15) is 18.0 Å². The Morgan fingerprint density at radius 1 is 1.35 bits per heavy atom. The number of carbonyl (C=O) groups is 1. The van der Waals surface area contributed by atoms with Gasteiger partial charge in [0, 0.05) is 24.4 Å². The Hall–Kier alpha value is -2.16. The van der Waals surface area contributed by atoms with Crippen LogP contribution in [0.4, 0.5) is 19.0 Å². The molecule has 2 aromatic heterocycles. The summed E-state index contributed by atoms with van der Waals surface area (Å²) in [7, 11) is 1.31. The molecule has 0 aliphatic carbocycles. The molecular formula is C17H18F3N3O2S. The van der Waals surface area contributed by atoms with Gasteiger partial charge in [0.25, 0.3) is 0 Å². The lowest BCUT2D eigenvalue weighted by molar-refractivity contribution is -0.140. The van der Waals surface area contributed by atoms with Crippen molar-refractivity contribution in [1.29, 1.82) is 0 Å². The van der Waals surface area contributed by atoms with Crippen LogP contribution in [0.5, 0.6) is 0 Å². The molecule has 26 heavy (non-hydrogen) atoms. The molecule has 1 fully saturated rings. The third-order valence-corrected chi connectivity index (χ3v) is 5.39. The number of hydrogen-bond acceptors (Lipinski definition) is 6. The number of piperidine rings is 1. The van der Waals surface area contributed by atoms with Crippen molar-refractivity contribution < 1.29 is 22.7 Å². The van der Waals surface area contributed by atoms with Crippen molar-refractivity contribution in [2.75, 3.05) is 25.1 Å². The summed E-state index contributed by atoms with van der Waals surface area (Å²) in [5.74, 6) is 0.195. The molecule has 1 aliphatic rings. The maximum absolute atomic E-state index is 12.8. The molecule has 9 heteroatoms. The molecule has 0 radical (unpaired) electrons. The molecule has 3 heterocycles. The molecule has 0 N–H and O–H groups in total. The topological polar surface area (TPSA) is 55.3 Å². The number of thiazole rings is 1. The minimum absolute atomic E-state index is 0.0627. The number of aryl methyl sites for hydroxylation is 1. The Bertz CT molecular complexity index is 807. The van der Waals surface area contributed by atoms with E-state index in [0.29, 0.717) is 28.6 Å². The first-order chi connectivity index (χ1) is 12.3. The van der Waals surface area contributed by atoms with E-state index in [-0.39, 0.29) is 5.92 Å². The molecule has 3 rings (SSSR count). The molecule has 0 spiro atoms. The van der Waals surface area contributed by atoms with Crippen molar-refractivity contribution in [2.24, 2.45) is 0 Å². The molecule has 2 aromatic rings. The zero-order valence-electron chi connectivity index (χ0n) is 14.3. The second kappa shape index (κ2) is 7.22. The second-order valence-electron chi connectivity index (χ2n) is 6.15. The van der Waals surface area contributed by atoms with Crippen molar-refractivity contribution >= 4 is 23.1 Å². The third-order valence-electron chi connectivity index (χ3n) is 4.38. The van der Waals surface area contributed by atoms with Gasteiger partial charge in [-0.3, -0.25) is 0 Å². The van der Waals surface area contributed by atoms with Crippen molar-refractivity contribution in [3.8, 4) is 0 Å². The minimum Gasteiger partial charge on any atom is -0.465 e. The number of nitrogens with zero attached hydrogens (tertiary/aromatic N) is 3. The van der Waals surface area contributed by atoms with Crippen LogP contribution in [-0.4, -0.2) is 36.1 Å². The van der Waals surface area contributed by atoms with E-state index in [1.807, 2.05) is 4.90 Å². The van der Waals surface area contributed by atoms with E-state index in [0.717, 1.165) is 36.1 Å². The van der Waals surface area contributed by atoms with Gasteiger partial charge in [0.05, 0.1) is 23.4 Å². The predicted molar refractivity (Wildman–Crippen MR) is 91.6 cm³/mol. The average Bonchev–Trinajstić information content (AvgIpc) is 3.12. The second-order valence-corrected chi connectivity index (χ2v) is 7.04. The quantitative estimate of drug-likeness (QED) is 0.747. The Morgan fingerprint density at radius 3 is 2.73 bits per heavy atom. The maximum atomic E-state index is 12.8. The fourth-order valence-corrected chi connectivity index (χ4v) is 4.00. The van der Waals surface area contributed by atoms with E-state index in [4.69, 9.17) is 4.74 Å². The molecule has 0 saturated carbocycles. The monoisotopic (exact) mass is 385 g/mol. The van der Waals surface area contributed by atoms with Gasteiger partial charge < -0.3 is 9.64 Å². The number of aromatic nitrogens is 2. The summed E-state index contributed by atoms with van der Waals surface area (Å²) in [6.45, 7) is 3.04. The predicted octanol–water partition coefficient (Wildman–Crippen LogP) is 4.04. The van der Waals surface area contributed by atoms with Gasteiger partial charge >= 0.3 is 12.1 Å². The number of rotatable bonds is 3. The number of hydrogen-bond donors (Lipinski definition) is 0. The highest BCUT2D eigenvalue weighted by molar-refractivity contribution is 7.09. The summed E-state index contributed by atoms with van der Waals surface area (Å²) in [4.78, 5) is 21.9. The lowest BCUT2D eigenvalue weighted by atomic mass is 9.98. The van der Waals surface area contributed by atoms with E-state index >= 15 is 0 Å². The van der Waals surface area contributed by atoms with Gasteiger partial charge in [-0.25, -0.2) is 14.8 Å². The maximum Gasteiger partial charge on any atom is 0.434 e. The zero-order valence-corrected chi connectivity index (χ0v) is 15.2. The largest absolute Gasteiger partial charge is 0.465 e. The first-order valence-electron chi connectivity index (χ1n) is 8.13. The van der Waals surface area contributed by atoms with Gasteiger partial charge in [0.2, 0.25) is 0 Å². The van der Waals surface area contributed by atoms with E-state index in [2.05, 4.69) is 9.97 Å². The summed E-state index contributed by atoms with van der Waals surface area (Å²) in [5.41, 5.74) is 0.135. The number of anilines is 1. The van der Waals surface area contributed by atoms with Crippen molar-refractivity contribution in [3.63, 3.8) is 0 Å². The molecule has 1 atom stereocenters. The van der Waals surface area contributed by atoms with Gasteiger partial charge in [-0.1, -0.05) is 0 Å². The molecule has 0 amide bonds. The molecule has 1 unspecified atom stereocenters. The highest BCUT2D eigenvalue weighted by atomic mass is 32.1. The first kappa shape index (κ1) is 18.6. The van der Waals surface area contributed by atoms with Crippen LogP contribution in [0.1, 0.15) is 45.5 Å². The summed E-state index contributed by atoms with van der Waals surface area (Å²) >= 11 is 1.05. The third kappa shape index (κ3) is 3.82. The number of methoxy groups -OCH3 is 1. The van der Waals surface area contributed by atoms with Gasteiger partial charge in [0.1, 0.15) is 5.82 Å². The standard InChI is InChI=1S/C17H18F3N3O2S/c1-10-12(16(24)25-2)5-6-14(21-10)23-7-3-4-11(8-23)15-22-13(9-26-15)17(18,19)20/h5-6,9,11H,3-4,7-8H2,1-2H3. The lowest BCUT2D eigenvalue weighted by Crippen LogP contribution is -2.35. The summed E-state index contributed by atoms with van der Waals surface area (Å²) in [6, 6.07) is 3.41. The molecule has 140 valence electrons. The Balaban J connectivity index is 1.77. The molecular weight excluding hydrogens is 367 g/mol. The Labute approximate surface area is 152 Å². The Morgan fingerprint density at radius 2 is 2.12 bits per heavy atom. The summed E-state index contributed by atoms with van der Waals surface area (Å²) in [5, 5.41) is 1.58. The van der Waals surface area contributed by atoms with Crippen molar-refractivity contribution in [3.05, 3.63) is 39.5 Å². The molecule has 1 saturated heterocycles. The van der Waals surface area contributed by atoms with E-state index < -0.39 is 17.8 Å². The van der Waals surface area contributed by atoms with Gasteiger partial charge in [-0.2, -0.15) is 13.2 Å². The van der Waals surface area contributed by atoms with Crippen molar-refractivity contribution in [2.45, 2.75) is 31.9 Å². The van der Waals surface area contributed by atoms with Crippen LogP contribution in [0, 0.1) is 6.92 Å². The normalized spacial score (nSPS) is 18.0. The van der Waals surface area contributed by atoms with Crippen molar-refractivity contribution in [1.82, 2.24) is 9.97 Å². The van der Waals surface area contributed by atoms with Crippen LogP contribution in [0.3, 0.4) is 0 Å². The number of halogens is 3. The Kier molecular flexibility index (Phi) is 5.17. The molecule has 5 nitrogen and oxygen atoms in total. The molecule has 1 aliphatic heterocycles. The van der Waals surface area contributed by atoms with Gasteiger partial charge in [-0.05, 0) is 31.9 Å². The van der Waals surface area contributed by atoms with Crippen LogP contribution in [0.25, 0.3) is 0 Å². The smallest absolute Gasteiger partial charge is 0.434 e. The van der Waals surface area contributed by atoms with Gasteiger partial charge in [0.15, 0.2) is 5.69 Å². The SMILES string of the molecule is COC(=O)c1ccc(N2CCCC(c3nc(C(F)(F)F)cs3)C2)nc1C. The fraction of sp³-hybridized carbons (Fsp3) is 0.471. The number of pyridine rings is 1. The number of esters is 1. The number of ether oxygens (including phenoxy) is 1. The fourth-order valence-electron chi connectivity index (χ4n) is 3.04. The van der Waals surface area contributed by atoms with Crippen LogP contribution in [0.2, 0.25) is 0 Å². The van der Waals surface area contributed by atoms with Crippen LogP contribution < -0.4 is 4.90 Å². The minimum atomic E-state index is -4.41. The lowest BCUT2D eigenvalue weighted by Gasteiger charge is -2.33. The highest BCUT2D eigenvalue weighted by Gasteiger charge is 2.35. The molecule has 0 bridgehead atoms. The zero-order chi connectivity index (χ0) is 18.9. The van der Waals surface area contributed by atoms with E-state index in [1.165, 1.54) is 7.11 Å². The number of carbonyl (C=O) groups excluding carboxylic acids is 1. The molecule has 0 aromatic carbocycles.